The molecule has 5 aromatic rings. The molecule has 0 fully saturated rings. The van der Waals surface area contributed by atoms with Crippen molar-refractivity contribution < 1.29 is 0 Å². The van der Waals surface area contributed by atoms with Gasteiger partial charge in [-0.3, -0.25) is 0 Å². The van der Waals surface area contributed by atoms with E-state index < -0.39 is 8.80 Å². The molecule has 0 aliphatic rings. The van der Waals surface area contributed by atoms with Gasteiger partial charge in [0.2, 0.25) is 6.71 Å². The van der Waals surface area contributed by atoms with Gasteiger partial charge in [-0.15, -0.1) is 0 Å². The quantitative estimate of drug-likeness (QED) is 0.150. The largest absolute Gasteiger partial charge is 0.326 e. The molecule has 0 saturated carbocycles. The summed E-state index contributed by atoms with van der Waals surface area (Å²) in [5.41, 5.74) is 5.47. The Labute approximate surface area is 236 Å². The van der Waals surface area contributed by atoms with E-state index in [0.717, 1.165) is 6.42 Å². The van der Waals surface area contributed by atoms with E-state index in [0.29, 0.717) is 6.71 Å². The van der Waals surface area contributed by atoms with Crippen molar-refractivity contribution in [3.8, 4) is 0 Å². The minimum atomic E-state index is -1.26. The van der Waals surface area contributed by atoms with Crippen LogP contribution in [0, 0.1) is 0 Å². The second-order valence-corrected chi connectivity index (χ2v) is 13.3. The van der Waals surface area contributed by atoms with Crippen LogP contribution < -0.4 is 10.9 Å². The number of imidazole rings is 1. The van der Waals surface area contributed by atoms with Crippen LogP contribution >= 0.6 is 0 Å². The highest BCUT2D eigenvalue weighted by Gasteiger charge is 2.41. The first kappa shape index (κ1) is 28.1. The molecule has 0 aliphatic carbocycles. The van der Waals surface area contributed by atoms with Crippen LogP contribution in [0.1, 0.15) is 24.5 Å². The van der Waals surface area contributed by atoms with Crippen LogP contribution in [0.4, 0.5) is 0 Å². The number of aromatic nitrogens is 2. The van der Waals surface area contributed by atoms with Crippen LogP contribution in [-0.2, 0) is 5.16 Å². The van der Waals surface area contributed by atoms with Gasteiger partial charge in [0, 0.05) is 12.4 Å². The van der Waals surface area contributed by atoms with Gasteiger partial charge in [0.1, 0.15) is 0 Å². The fraction of sp³-hybridized carbons (Fsp3) is 0.171. The van der Waals surface area contributed by atoms with Crippen LogP contribution in [0.5, 0.6) is 0 Å². The van der Waals surface area contributed by atoms with E-state index in [-0.39, 0.29) is 5.16 Å². The Bertz CT molecular complexity index is 1290. The van der Waals surface area contributed by atoms with E-state index in [1.807, 2.05) is 12.5 Å². The third-order valence-electron chi connectivity index (χ3n) is 7.65. The summed E-state index contributed by atoms with van der Waals surface area (Å²) in [6.07, 6.45) is 11.6. The molecule has 1 heterocycles. The zero-order valence-corrected chi connectivity index (χ0v) is 24.6. The molecule has 2 nitrogen and oxygen atoms in total. The van der Waals surface area contributed by atoms with Crippen LogP contribution in [0.2, 0.25) is 19.4 Å². The van der Waals surface area contributed by atoms with Crippen molar-refractivity contribution >= 4 is 26.4 Å². The minimum Gasteiger partial charge on any atom is -0.326 e. The molecular formula is C35H39BN2Si. The van der Waals surface area contributed by atoms with Gasteiger partial charge >= 0.3 is 0 Å². The number of rotatable bonds is 9. The van der Waals surface area contributed by atoms with Gasteiger partial charge in [-0.05, 0) is 24.5 Å². The number of hydrogen-bond donors (Lipinski definition) is 0. The summed E-state index contributed by atoms with van der Waals surface area (Å²) in [6, 6.07) is 44.3. The Morgan fingerprint density at radius 1 is 0.744 bits per heavy atom. The number of allylic oxidation sites excluding steroid dienone is 2. The molecule has 0 amide bonds. The van der Waals surface area contributed by atoms with Gasteiger partial charge in [-0.25, -0.2) is 4.98 Å². The van der Waals surface area contributed by atoms with E-state index in [4.69, 9.17) is 0 Å². The highest BCUT2D eigenvalue weighted by Crippen LogP contribution is 2.38. The summed E-state index contributed by atoms with van der Waals surface area (Å²) in [5, 5.41) is -0.124. The summed E-state index contributed by atoms with van der Waals surface area (Å²) >= 11 is 0. The lowest BCUT2D eigenvalue weighted by atomic mass is 9.43. The smallest absolute Gasteiger partial charge is 0.206 e. The molecule has 1 aromatic heterocycles. The summed E-state index contributed by atoms with van der Waals surface area (Å²) in [5.74, 6) is 0. The highest BCUT2D eigenvalue weighted by atomic mass is 28.3. The molecule has 4 aromatic carbocycles. The first-order chi connectivity index (χ1) is 19.2. The normalized spacial score (nSPS) is 12.0. The first-order valence-electron chi connectivity index (χ1n) is 14.0. The third-order valence-corrected chi connectivity index (χ3v) is 11.2. The van der Waals surface area contributed by atoms with Crippen molar-refractivity contribution in [2.24, 2.45) is 0 Å². The maximum atomic E-state index is 4.39. The number of benzene rings is 4. The van der Waals surface area contributed by atoms with Crippen molar-refractivity contribution in [1.82, 2.24) is 9.55 Å². The number of hydrogen-bond acceptors (Lipinski definition) is 1. The third kappa shape index (κ3) is 6.76. The monoisotopic (exact) mass is 526 g/mol. The Balaban J connectivity index is 0.000000212. The van der Waals surface area contributed by atoms with Gasteiger partial charge in [-0.2, -0.15) is 0 Å². The van der Waals surface area contributed by atoms with Crippen LogP contribution in [0.3, 0.4) is 0 Å². The molecule has 0 N–H and O–H groups in total. The second-order valence-electron chi connectivity index (χ2n) is 10.1. The van der Waals surface area contributed by atoms with Crippen molar-refractivity contribution in [3.05, 3.63) is 163 Å². The van der Waals surface area contributed by atoms with Crippen molar-refractivity contribution in [2.45, 2.75) is 37.9 Å². The summed E-state index contributed by atoms with van der Waals surface area (Å²) in [6.45, 7) is 7.31. The average molecular weight is 527 g/mol. The zero-order chi connectivity index (χ0) is 27.3. The molecule has 1 unspecified atom stereocenters. The molecule has 196 valence electrons. The predicted octanol–water partition coefficient (Wildman–Crippen LogP) is 6.96. The minimum absolute atomic E-state index is 0.124. The summed E-state index contributed by atoms with van der Waals surface area (Å²) in [7, 11) is -1.26. The Kier molecular flexibility index (Phi) is 10.3. The molecular weight excluding hydrogens is 487 g/mol. The topological polar surface area (TPSA) is 17.8 Å². The van der Waals surface area contributed by atoms with Crippen LogP contribution in [-0.4, -0.2) is 25.1 Å². The molecule has 4 heteroatoms. The fourth-order valence-corrected chi connectivity index (χ4v) is 8.83. The average Bonchev–Trinajstić information content (AvgIpc) is 3.55. The number of nitrogens with zero attached hydrogens (tertiary/aromatic N) is 2. The van der Waals surface area contributed by atoms with Gasteiger partial charge in [0.15, 0.2) is 0 Å². The maximum Gasteiger partial charge on any atom is 0.206 e. The molecule has 0 saturated heterocycles. The summed E-state index contributed by atoms with van der Waals surface area (Å²) in [4.78, 5) is 4.39. The summed E-state index contributed by atoms with van der Waals surface area (Å²) < 4.78 is 2.34. The molecule has 0 spiro atoms. The molecule has 0 radical (unpaired) electrons. The van der Waals surface area contributed by atoms with E-state index in [1.165, 1.54) is 28.1 Å². The fourth-order valence-electron chi connectivity index (χ4n) is 5.54. The standard InChI is InChI=1S/C22H26N2Si.C13H13B/c1-3-4-11-18-25(2)22(24-17-16-23-19-24,20-12-7-5-8-13-20)21-14-9-6-10-15-21;1-14(12-8-4-2-5-9-12)13-10-6-3-7-11-13/h3-10,12-17,19,25H,11,18H2,1-2H3;2-11H,1H3. The molecule has 0 bridgehead atoms. The lowest BCUT2D eigenvalue weighted by Crippen LogP contribution is -2.48. The van der Waals surface area contributed by atoms with E-state index in [9.17, 15) is 0 Å². The lowest BCUT2D eigenvalue weighted by molar-refractivity contribution is 0.580. The Hall–Kier alpha value is -3.89. The molecule has 39 heavy (non-hydrogen) atoms. The zero-order valence-electron chi connectivity index (χ0n) is 23.4. The molecule has 0 aliphatic heterocycles. The highest BCUT2D eigenvalue weighted by molar-refractivity contribution is 6.84. The molecule has 1 atom stereocenters. The van der Waals surface area contributed by atoms with Crippen molar-refractivity contribution in [1.29, 1.82) is 0 Å². The van der Waals surface area contributed by atoms with Gasteiger partial charge in [0.05, 0.1) is 20.3 Å². The second kappa shape index (κ2) is 14.3. The van der Waals surface area contributed by atoms with Crippen LogP contribution in [0.15, 0.2) is 152 Å². The van der Waals surface area contributed by atoms with E-state index >= 15 is 0 Å². The Morgan fingerprint density at radius 3 is 1.62 bits per heavy atom. The van der Waals surface area contributed by atoms with Crippen molar-refractivity contribution in [3.63, 3.8) is 0 Å². The van der Waals surface area contributed by atoms with E-state index in [2.05, 4.69) is 170 Å². The van der Waals surface area contributed by atoms with Crippen molar-refractivity contribution in [2.75, 3.05) is 0 Å². The molecule has 5 rings (SSSR count). The predicted molar refractivity (Wildman–Crippen MR) is 172 cm³/mol. The van der Waals surface area contributed by atoms with E-state index in [1.54, 1.807) is 0 Å². The maximum absolute atomic E-state index is 4.39. The van der Waals surface area contributed by atoms with Gasteiger partial charge in [0.25, 0.3) is 0 Å². The SMILES string of the molecule is CB(c1ccccc1)c1ccccc1.CC=CCC[SiH](C)C(c1ccccc1)(c1ccccc1)n1ccnc1. The van der Waals surface area contributed by atoms with Gasteiger partial charge in [-0.1, -0.05) is 164 Å². The Morgan fingerprint density at radius 2 is 1.21 bits per heavy atom. The van der Waals surface area contributed by atoms with Crippen LogP contribution in [0.25, 0.3) is 0 Å². The van der Waals surface area contributed by atoms with Gasteiger partial charge < -0.3 is 4.57 Å². The lowest BCUT2D eigenvalue weighted by Gasteiger charge is -2.41. The first-order valence-corrected chi connectivity index (χ1v) is 16.5.